The fourth-order valence-electron chi connectivity index (χ4n) is 1.65. The molecule has 0 fully saturated rings. The molecule has 1 amide bonds. The molecule has 2 aromatic rings. The van der Waals surface area contributed by atoms with Gasteiger partial charge < -0.3 is 5.73 Å². The Hall–Kier alpha value is -1.79. The van der Waals surface area contributed by atoms with Crippen molar-refractivity contribution in [3.8, 4) is 0 Å². The van der Waals surface area contributed by atoms with Gasteiger partial charge in [-0.15, -0.1) is 10.2 Å². The van der Waals surface area contributed by atoms with E-state index >= 15 is 0 Å². The van der Waals surface area contributed by atoms with Crippen LogP contribution in [0.4, 0.5) is 5.13 Å². The first-order chi connectivity index (χ1) is 9.20. The lowest BCUT2D eigenvalue weighted by Crippen LogP contribution is -2.12. The zero-order chi connectivity index (χ0) is 13.7. The zero-order valence-corrected chi connectivity index (χ0v) is 11.5. The van der Waals surface area contributed by atoms with Gasteiger partial charge in [-0.2, -0.15) is 0 Å². The number of aromatic nitrogens is 2. The lowest BCUT2D eigenvalue weighted by Gasteiger charge is -2.03. The van der Waals surface area contributed by atoms with Crippen LogP contribution in [-0.2, 0) is 6.42 Å². The van der Waals surface area contributed by atoms with E-state index in [-0.39, 0.29) is 5.91 Å². The molecular weight excluding hydrogens is 260 g/mol. The lowest BCUT2D eigenvalue weighted by atomic mass is 10.1. The first-order valence-corrected chi connectivity index (χ1v) is 6.92. The maximum atomic E-state index is 12.1. The molecule has 0 saturated heterocycles. The minimum absolute atomic E-state index is 0.153. The maximum absolute atomic E-state index is 12.1. The molecule has 2 rings (SSSR count). The summed E-state index contributed by atoms with van der Waals surface area (Å²) in [4.78, 5) is 12.1. The van der Waals surface area contributed by atoms with Gasteiger partial charge in [0.2, 0.25) is 5.13 Å². The van der Waals surface area contributed by atoms with Crippen molar-refractivity contribution in [1.29, 1.82) is 0 Å². The van der Waals surface area contributed by atoms with Crippen LogP contribution in [0.1, 0.15) is 27.3 Å². The molecule has 0 bridgehead atoms. The number of amides is 1. The maximum Gasteiger partial charge on any atom is 0.257 e. The van der Waals surface area contributed by atoms with Crippen molar-refractivity contribution in [2.24, 2.45) is 5.73 Å². The number of anilines is 1. The summed E-state index contributed by atoms with van der Waals surface area (Å²) in [6.07, 6.45) is 1.68. The Morgan fingerprint density at radius 1 is 1.37 bits per heavy atom. The Morgan fingerprint density at radius 2 is 2.16 bits per heavy atom. The third-order valence-electron chi connectivity index (χ3n) is 2.67. The first kappa shape index (κ1) is 13.6. The number of benzene rings is 1. The van der Waals surface area contributed by atoms with Gasteiger partial charge in [0.05, 0.1) is 0 Å². The molecule has 0 spiro atoms. The van der Waals surface area contributed by atoms with E-state index in [0.717, 1.165) is 23.4 Å². The molecule has 3 N–H and O–H groups in total. The van der Waals surface area contributed by atoms with Gasteiger partial charge in [-0.05, 0) is 31.5 Å². The van der Waals surface area contributed by atoms with Crippen LogP contribution in [0.5, 0.6) is 0 Å². The molecular formula is C13H16N4OS. The average molecular weight is 276 g/mol. The van der Waals surface area contributed by atoms with E-state index in [2.05, 4.69) is 15.5 Å². The van der Waals surface area contributed by atoms with Crippen molar-refractivity contribution in [3.05, 3.63) is 40.4 Å². The minimum Gasteiger partial charge on any atom is -0.330 e. The van der Waals surface area contributed by atoms with Crippen LogP contribution in [-0.4, -0.2) is 22.6 Å². The zero-order valence-electron chi connectivity index (χ0n) is 10.7. The summed E-state index contributed by atoms with van der Waals surface area (Å²) in [5.74, 6) is -0.153. The second-order valence-electron chi connectivity index (χ2n) is 4.16. The minimum atomic E-state index is -0.153. The van der Waals surface area contributed by atoms with Gasteiger partial charge in [0, 0.05) is 12.0 Å². The van der Waals surface area contributed by atoms with Gasteiger partial charge in [-0.25, -0.2) is 0 Å². The highest BCUT2D eigenvalue weighted by atomic mass is 32.1. The number of carbonyl (C=O) groups excluding carboxylic acids is 1. The smallest absolute Gasteiger partial charge is 0.257 e. The van der Waals surface area contributed by atoms with Crippen molar-refractivity contribution >= 4 is 22.4 Å². The molecule has 0 atom stereocenters. The van der Waals surface area contributed by atoms with Crippen LogP contribution < -0.4 is 11.1 Å². The number of nitrogens with zero attached hydrogens (tertiary/aromatic N) is 2. The summed E-state index contributed by atoms with van der Waals surface area (Å²) in [5.41, 5.74) is 7.03. The van der Waals surface area contributed by atoms with Gasteiger partial charge in [-0.1, -0.05) is 29.5 Å². The van der Waals surface area contributed by atoms with Crippen molar-refractivity contribution in [1.82, 2.24) is 10.2 Å². The highest BCUT2D eigenvalue weighted by molar-refractivity contribution is 7.15. The first-order valence-electron chi connectivity index (χ1n) is 6.10. The molecule has 1 aromatic heterocycles. The van der Waals surface area contributed by atoms with E-state index in [1.807, 2.05) is 25.1 Å². The quantitative estimate of drug-likeness (QED) is 0.875. The summed E-state index contributed by atoms with van der Waals surface area (Å²) >= 11 is 1.39. The highest BCUT2D eigenvalue weighted by Gasteiger charge is 2.11. The van der Waals surface area contributed by atoms with Gasteiger partial charge in [0.25, 0.3) is 5.91 Å². The van der Waals surface area contributed by atoms with Crippen molar-refractivity contribution < 1.29 is 4.79 Å². The van der Waals surface area contributed by atoms with Crippen molar-refractivity contribution in [2.45, 2.75) is 19.8 Å². The van der Waals surface area contributed by atoms with Gasteiger partial charge >= 0.3 is 0 Å². The number of nitrogens with two attached hydrogens (primary N) is 1. The predicted octanol–water partition coefficient (Wildman–Crippen LogP) is 1.99. The van der Waals surface area contributed by atoms with E-state index in [4.69, 9.17) is 5.73 Å². The lowest BCUT2D eigenvalue weighted by molar-refractivity contribution is 0.102. The Morgan fingerprint density at radius 3 is 2.89 bits per heavy atom. The third kappa shape index (κ3) is 3.59. The molecule has 0 saturated carbocycles. The van der Waals surface area contributed by atoms with E-state index in [1.54, 1.807) is 6.07 Å². The fraction of sp³-hybridized carbons (Fsp3) is 0.308. The summed E-state index contributed by atoms with van der Waals surface area (Å²) in [6.45, 7) is 2.53. The number of hydrogen-bond donors (Lipinski definition) is 2. The van der Waals surface area contributed by atoms with Crippen LogP contribution in [0.15, 0.2) is 24.3 Å². The van der Waals surface area contributed by atoms with Crippen molar-refractivity contribution in [3.63, 3.8) is 0 Å². The average Bonchev–Trinajstić information content (AvgIpc) is 2.84. The summed E-state index contributed by atoms with van der Waals surface area (Å²) in [6, 6.07) is 7.44. The van der Waals surface area contributed by atoms with E-state index < -0.39 is 0 Å². The van der Waals surface area contributed by atoms with Gasteiger partial charge in [-0.3, -0.25) is 10.1 Å². The Labute approximate surface area is 115 Å². The molecule has 5 nitrogen and oxygen atoms in total. The number of hydrogen-bond acceptors (Lipinski definition) is 5. The summed E-state index contributed by atoms with van der Waals surface area (Å²) in [7, 11) is 0. The molecule has 0 radical (unpaired) electrons. The van der Waals surface area contributed by atoms with Crippen LogP contribution >= 0.6 is 11.3 Å². The molecule has 1 heterocycles. The normalized spacial score (nSPS) is 10.4. The third-order valence-corrected chi connectivity index (χ3v) is 3.57. The summed E-state index contributed by atoms with van der Waals surface area (Å²) in [5, 5.41) is 12.2. The monoisotopic (exact) mass is 276 g/mol. The van der Waals surface area contributed by atoms with Crippen LogP contribution in [0.2, 0.25) is 0 Å². The Balaban J connectivity index is 2.03. The second kappa shape index (κ2) is 6.40. The molecule has 6 heteroatoms. The van der Waals surface area contributed by atoms with E-state index in [0.29, 0.717) is 17.2 Å². The highest BCUT2D eigenvalue weighted by Crippen LogP contribution is 2.18. The number of carbonyl (C=O) groups is 1. The number of nitrogens with one attached hydrogen (secondary N) is 1. The molecule has 0 unspecified atom stereocenters. The Bertz CT molecular complexity index is 567. The molecule has 19 heavy (non-hydrogen) atoms. The standard InChI is InChI=1S/C13H16N4OS/c1-9-5-2-3-6-10(9)12(18)15-13-17-16-11(19-13)7-4-8-14/h2-3,5-6H,4,7-8,14H2,1H3,(H,15,17,18). The SMILES string of the molecule is Cc1ccccc1C(=O)Nc1nnc(CCCN)s1. The molecule has 0 aliphatic heterocycles. The van der Waals surface area contributed by atoms with Gasteiger partial charge in [0.15, 0.2) is 0 Å². The van der Waals surface area contributed by atoms with E-state index in [9.17, 15) is 4.79 Å². The molecule has 1 aromatic carbocycles. The Kier molecular flexibility index (Phi) is 4.59. The predicted molar refractivity (Wildman–Crippen MR) is 76.4 cm³/mol. The molecule has 0 aliphatic carbocycles. The molecule has 0 aliphatic rings. The van der Waals surface area contributed by atoms with Crippen LogP contribution in [0.3, 0.4) is 0 Å². The number of aryl methyl sites for hydroxylation is 2. The van der Waals surface area contributed by atoms with Crippen molar-refractivity contribution in [2.75, 3.05) is 11.9 Å². The van der Waals surface area contributed by atoms with E-state index in [1.165, 1.54) is 11.3 Å². The van der Waals surface area contributed by atoms with Gasteiger partial charge in [0.1, 0.15) is 5.01 Å². The molecule has 100 valence electrons. The second-order valence-corrected chi connectivity index (χ2v) is 5.22. The van der Waals surface area contributed by atoms with Crippen LogP contribution in [0, 0.1) is 6.92 Å². The van der Waals surface area contributed by atoms with Crippen LogP contribution in [0.25, 0.3) is 0 Å². The topological polar surface area (TPSA) is 80.9 Å². The number of rotatable bonds is 5. The largest absolute Gasteiger partial charge is 0.330 e. The fourth-order valence-corrected chi connectivity index (χ4v) is 2.43. The summed E-state index contributed by atoms with van der Waals surface area (Å²) < 4.78 is 0.